The van der Waals surface area contributed by atoms with Gasteiger partial charge in [-0.05, 0) is 19.1 Å². The number of benzene rings is 1. The van der Waals surface area contributed by atoms with Crippen LogP contribution in [0.4, 0.5) is 5.69 Å². The number of nitrogens with one attached hydrogen (secondary N) is 2. The summed E-state index contributed by atoms with van der Waals surface area (Å²) in [4.78, 5) is 34.5. The SMILES string of the molecule is Cc1ccc(NC(=O)Cc2nc(CSc3nccc(=O)[nH]3)cs2)cc1. The van der Waals surface area contributed by atoms with Gasteiger partial charge in [-0.15, -0.1) is 11.3 Å². The van der Waals surface area contributed by atoms with E-state index in [9.17, 15) is 9.59 Å². The number of rotatable bonds is 6. The summed E-state index contributed by atoms with van der Waals surface area (Å²) in [5, 5.41) is 6.10. The number of aromatic amines is 1. The number of amides is 1. The van der Waals surface area contributed by atoms with E-state index in [-0.39, 0.29) is 17.9 Å². The van der Waals surface area contributed by atoms with Crippen molar-refractivity contribution in [1.82, 2.24) is 15.0 Å². The van der Waals surface area contributed by atoms with Gasteiger partial charge in [0.2, 0.25) is 5.91 Å². The third kappa shape index (κ3) is 5.27. The van der Waals surface area contributed by atoms with Crippen LogP contribution in [-0.4, -0.2) is 20.9 Å². The summed E-state index contributed by atoms with van der Waals surface area (Å²) in [5.41, 5.74) is 2.61. The van der Waals surface area contributed by atoms with E-state index in [1.165, 1.54) is 35.4 Å². The third-order valence-corrected chi connectivity index (χ3v) is 5.07. The standard InChI is InChI=1S/C17H16N4O2S2/c1-11-2-4-12(5-3-11)19-15(23)8-16-20-13(9-24-16)10-25-17-18-7-6-14(22)21-17/h2-7,9H,8,10H2,1H3,(H,19,23)(H,18,21,22). The second-order valence-corrected chi connectivity index (χ2v) is 7.26. The topological polar surface area (TPSA) is 87.7 Å². The molecule has 6 nitrogen and oxygen atoms in total. The molecule has 0 fully saturated rings. The summed E-state index contributed by atoms with van der Waals surface area (Å²) >= 11 is 2.85. The first-order valence-corrected chi connectivity index (χ1v) is 9.43. The summed E-state index contributed by atoms with van der Waals surface area (Å²) in [6.07, 6.45) is 1.71. The molecule has 8 heteroatoms. The normalized spacial score (nSPS) is 10.6. The van der Waals surface area contributed by atoms with Gasteiger partial charge in [0.15, 0.2) is 5.16 Å². The Morgan fingerprint density at radius 3 is 2.84 bits per heavy atom. The van der Waals surface area contributed by atoms with Gasteiger partial charge in [0.05, 0.1) is 12.1 Å². The molecule has 128 valence electrons. The number of hydrogen-bond acceptors (Lipinski definition) is 6. The molecule has 0 aliphatic carbocycles. The van der Waals surface area contributed by atoms with E-state index >= 15 is 0 Å². The van der Waals surface area contributed by atoms with Gasteiger partial charge in [0.1, 0.15) is 5.01 Å². The number of carbonyl (C=O) groups is 1. The molecule has 2 aromatic heterocycles. The second kappa shape index (κ2) is 8.09. The number of nitrogens with zero attached hydrogens (tertiary/aromatic N) is 2. The minimum atomic E-state index is -0.177. The zero-order valence-electron chi connectivity index (χ0n) is 13.5. The second-order valence-electron chi connectivity index (χ2n) is 5.35. The van der Waals surface area contributed by atoms with Crippen molar-refractivity contribution in [2.45, 2.75) is 24.3 Å². The molecule has 0 saturated heterocycles. The fourth-order valence-electron chi connectivity index (χ4n) is 2.04. The molecule has 0 aliphatic rings. The molecule has 2 heterocycles. The highest BCUT2D eigenvalue weighted by Gasteiger charge is 2.09. The lowest BCUT2D eigenvalue weighted by Gasteiger charge is -2.04. The fraction of sp³-hybridized carbons (Fsp3) is 0.176. The Morgan fingerprint density at radius 1 is 1.28 bits per heavy atom. The van der Waals surface area contributed by atoms with Gasteiger partial charge in [-0.2, -0.15) is 0 Å². The molecule has 2 N–H and O–H groups in total. The molecule has 1 aromatic carbocycles. The minimum Gasteiger partial charge on any atom is -0.326 e. The van der Waals surface area contributed by atoms with Crippen LogP contribution < -0.4 is 10.9 Å². The van der Waals surface area contributed by atoms with Gasteiger partial charge in [-0.3, -0.25) is 9.59 Å². The first kappa shape index (κ1) is 17.4. The predicted molar refractivity (Wildman–Crippen MR) is 100 cm³/mol. The Bertz CT molecular complexity index is 919. The van der Waals surface area contributed by atoms with Crippen LogP contribution in [0.25, 0.3) is 0 Å². The number of anilines is 1. The molecule has 0 saturated carbocycles. The predicted octanol–water partition coefficient (Wildman–Crippen LogP) is 3.01. The average molecular weight is 372 g/mol. The molecule has 3 rings (SSSR count). The van der Waals surface area contributed by atoms with Gasteiger partial charge in [-0.25, -0.2) is 9.97 Å². The van der Waals surface area contributed by atoms with Crippen LogP contribution in [0.2, 0.25) is 0 Å². The summed E-state index contributed by atoms with van der Waals surface area (Å²) in [6, 6.07) is 9.04. The maximum atomic E-state index is 12.1. The Kier molecular flexibility index (Phi) is 5.62. The van der Waals surface area contributed by atoms with Crippen molar-refractivity contribution in [3.05, 3.63) is 68.5 Å². The number of H-pyrrole nitrogens is 1. The van der Waals surface area contributed by atoms with E-state index < -0.39 is 0 Å². The van der Waals surface area contributed by atoms with E-state index in [4.69, 9.17) is 0 Å². The summed E-state index contributed by atoms with van der Waals surface area (Å²) in [7, 11) is 0. The maximum absolute atomic E-state index is 12.1. The fourth-order valence-corrected chi connectivity index (χ4v) is 3.68. The average Bonchev–Trinajstić information content (AvgIpc) is 3.02. The molecule has 0 aliphatic heterocycles. The number of thioether (sulfide) groups is 1. The van der Waals surface area contributed by atoms with Crippen molar-refractivity contribution in [1.29, 1.82) is 0 Å². The third-order valence-electron chi connectivity index (χ3n) is 3.25. The number of aromatic nitrogens is 3. The van der Waals surface area contributed by atoms with Crippen LogP contribution in [0, 0.1) is 6.92 Å². The van der Waals surface area contributed by atoms with Crippen LogP contribution in [0.5, 0.6) is 0 Å². The van der Waals surface area contributed by atoms with Crippen LogP contribution in [-0.2, 0) is 17.0 Å². The van der Waals surface area contributed by atoms with Crippen LogP contribution in [0.3, 0.4) is 0 Å². The molecule has 0 spiro atoms. The molecule has 3 aromatic rings. The largest absolute Gasteiger partial charge is 0.326 e. The van der Waals surface area contributed by atoms with Crippen LogP contribution in [0.1, 0.15) is 16.3 Å². The Balaban J connectivity index is 1.53. The van der Waals surface area contributed by atoms with Gasteiger partial charge in [-0.1, -0.05) is 29.5 Å². The highest BCUT2D eigenvalue weighted by atomic mass is 32.2. The van der Waals surface area contributed by atoms with E-state index in [0.29, 0.717) is 10.9 Å². The number of hydrogen-bond donors (Lipinski definition) is 2. The van der Waals surface area contributed by atoms with Crippen LogP contribution >= 0.6 is 23.1 Å². The maximum Gasteiger partial charge on any atom is 0.251 e. The number of carbonyl (C=O) groups excluding carboxylic acids is 1. The molecule has 25 heavy (non-hydrogen) atoms. The molecular formula is C17H16N4O2S2. The first-order valence-electron chi connectivity index (χ1n) is 7.56. The zero-order valence-corrected chi connectivity index (χ0v) is 15.1. The molecular weight excluding hydrogens is 356 g/mol. The lowest BCUT2D eigenvalue weighted by molar-refractivity contribution is -0.115. The van der Waals surface area contributed by atoms with Gasteiger partial charge < -0.3 is 10.3 Å². The Hall–Kier alpha value is -2.45. The first-order chi connectivity index (χ1) is 12.1. The van der Waals surface area contributed by atoms with E-state index in [1.807, 2.05) is 36.6 Å². The monoisotopic (exact) mass is 372 g/mol. The van der Waals surface area contributed by atoms with Crippen molar-refractivity contribution in [2.75, 3.05) is 5.32 Å². The summed E-state index contributed by atoms with van der Waals surface area (Å²) < 4.78 is 0. The Labute approximate surface area is 152 Å². The molecule has 0 atom stereocenters. The van der Waals surface area contributed by atoms with Crippen molar-refractivity contribution in [3.8, 4) is 0 Å². The highest BCUT2D eigenvalue weighted by molar-refractivity contribution is 7.98. The number of thiazole rings is 1. The van der Waals surface area contributed by atoms with E-state index in [1.54, 1.807) is 0 Å². The summed E-state index contributed by atoms with van der Waals surface area (Å²) in [6.45, 7) is 2.00. The van der Waals surface area contributed by atoms with Crippen molar-refractivity contribution in [2.24, 2.45) is 0 Å². The highest BCUT2D eigenvalue weighted by Crippen LogP contribution is 2.20. The van der Waals surface area contributed by atoms with Gasteiger partial charge >= 0.3 is 0 Å². The van der Waals surface area contributed by atoms with Crippen molar-refractivity contribution < 1.29 is 4.79 Å². The zero-order chi connectivity index (χ0) is 17.6. The van der Waals surface area contributed by atoms with E-state index in [2.05, 4.69) is 20.3 Å². The molecule has 0 radical (unpaired) electrons. The minimum absolute atomic E-state index is 0.0912. The molecule has 0 bridgehead atoms. The quantitative estimate of drug-likeness (QED) is 0.513. The van der Waals surface area contributed by atoms with Gasteiger partial charge in [0.25, 0.3) is 5.56 Å². The lowest BCUT2D eigenvalue weighted by Crippen LogP contribution is -2.14. The Morgan fingerprint density at radius 2 is 2.08 bits per heavy atom. The lowest BCUT2D eigenvalue weighted by atomic mass is 10.2. The summed E-state index contributed by atoms with van der Waals surface area (Å²) in [5.74, 6) is 0.495. The van der Waals surface area contributed by atoms with Crippen LogP contribution in [0.15, 0.2) is 51.9 Å². The number of aryl methyl sites for hydroxylation is 1. The smallest absolute Gasteiger partial charge is 0.251 e. The van der Waals surface area contributed by atoms with Gasteiger partial charge in [0, 0.05) is 29.1 Å². The van der Waals surface area contributed by atoms with E-state index in [0.717, 1.165) is 22.0 Å². The molecule has 0 unspecified atom stereocenters. The molecule has 1 amide bonds. The van der Waals surface area contributed by atoms with Crippen molar-refractivity contribution in [3.63, 3.8) is 0 Å². The van der Waals surface area contributed by atoms with Crippen molar-refractivity contribution >= 4 is 34.7 Å².